The van der Waals surface area contributed by atoms with Gasteiger partial charge in [-0.25, -0.2) is 4.79 Å². The third kappa shape index (κ3) is 4.12. The highest BCUT2D eigenvalue weighted by atomic mass is 35.5. The molecule has 1 aliphatic carbocycles. The molecule has 0 unspecified atom stereocenters. The van der Waals surface area contributed by atoms with Crippen molar-refractivity contribution in [2.24, 2.45) is 0 Å². The van der Waals surface area contributed by atoms with E-state index in [1.165, 1.54) is 12.1 Å². The number of anilines is 1. The number of allylic oxidation sites excluding steroid dienone is 1. The fourth-order valence-corrected chi connectivity index (χ4v) is 3.16. The molecular weight excluding hydrogens is 384 g/mol. The van der Waals surface area contributed by atoms with Crippen LogP contribution in [0.15, 0.2) is 47.4 Å². The number of nitrogens with zero attached hydrogens (tertiary/aromatic N) is 3. The molecule has 28 heavy (non-hydrogen) atoms. The van der Waals surface area contributed by atoms with E-state index < -0.39 is 6.09 Å². The summed E-state index contributed by atoms with van der Waals surface area (Å²) in [7, 11) is 0. The van der Waals surface area contributed by atoms with Crippen molar-refractivity contribution in [1.29, 1.82) is 0 Å². The Morgan fingerprint density at radius 1 is 0.964 bits per heavy atom. The van der Waals surface area contributed by atoms with Crippen LogP contribution in [-0.4, -0.2) is 76.7 Å². The Labute approximate surface area is 166 Å². The minimum atomic E-state index is -1.09. The molecule has 2 N–H and O–H groups in total. The van der Waals surface area contributed by atoms with Gasteiger partial charge in [-0.05, 0) is 18.2 Å². The first-order valence-corrected chi connectivity index (χ1v) is 9.37. The Hall–Kier alpha value is -3.00. The quantitative estimate of drug-likeness (QED) is 0.583. The van der Waals surface area contributed by atoms with Gasteiger partial charge in [-0.15, -0.1) is 0 Å². The molecule has 5 rings (SSSR count). The Bertz CT molecular complexity index is 914. The van der Waals surface area contributed by atoms with E-state index in [9.17, 15) is 14.4 Å². The van der Waals surface area contributed by atoms with Gasteiger partial charge in [0.15, 0.2) is 0 Å². The van der Waals surface area contributed by atoms with Gasteiger partial charge >= 0.3 is 6.09 Å². The molecule has 4 aliphatic rings. The maximum absolute atomic E-state index is 12.4. The van der Waals surface area contributed by atoms with Gasteiger partial charge in [0.2, 0.25) is 11.6 Å². The van der Waals surface area contributed by atoms with E-state index in [1.54, 1.807) is 18.2 Å². The summed E-state index contributed by atoms with van der Waals surface area (Å²) < 4.78 is 0. The van der Waals surface area contributed by atoms with Crippen LogP contribution in [-0.2, 0) is 9.59 Å². The van der Waals surface area contributed by atoms with Gasteiger partial charge in [-0.1, -0.05) is 17.7 Å². The number of ketones is 2. The highest BCUT2D eigenvalue weighted by Crippen LogP contribution is 2.33. The SMILES string of the molecule is O=C(O)Nc1cccc(Cl)c1.O=C1C=C(N2CC2)C(=O)C(N2CC2)=C1N1CC1. The number of amides is 1. The molecule has 3 saturated heterocycles. The van der Waals surface area contributed by atoms with Crippen molar-refractivity contribution >= 4 is 34.9 Å². The van der Waals surface area contributed by atoms with Crippen LogP contribution in [0, 0.1) is 0 Å². The van der Waals surface area contributed by atoms with Crippen molar-refractivity contribution in [2.45, 2.75) is 0 Å². The van der Waals surface area contributed by atoms with Gasteiger partial charge in [0, 0.05) is 56.1 Å². The van der Waals surface area contributed by atoms with E-state index in [0.717, 1.165) is 39.3 Å². The van der Waals surface area contributed by atoms with Crippen LogP contribution in [0.1, 0.15) is 0 Å². The molecule has 0 atom stereocenters. The number of nitrogens with one attached hydrogen (secondary N) is 1. The smallest absolute Gasteiger partial charge is 0.409 e. The van der Waals surface area contributed by atoms with Gasteiger partial charge in [0.1, 0.15) is 11.4 Å². The molecule has 1 amide bonds. The number of hydrogen-bond donors (Lipinski definition) is 2. The largest absolute Gasteiger partial charge is 0.465 e. The van der Waals surface area contributed by atoms with Gasteiger partial charge < -0.3 is 19.8 Å². The second-order valence-corrected chi connectivity index (χ2v) is 7.26. The number of rotatable bonds is 4. The summed E-state index contributed by atoms with van der Waals surface area (Å²) in [6, 6.07) is 6.51. The van der Waals surface area contributed by atoms with Crippen LogP contribution in [0.2, 0.25) is 5.02 Å². The minimum Gasteiger partial charge on any atom is -0.465 e. The molecule has 1 aromatic rings. The predicted octanol–water partition coefficient (Wildman–Crippen LogP) is 1.61. The molecule has 3 heterocycles. The number of halogens is 1. The summed E-state index contributed by atoms with van der Waals surface area (Å²) in [4.78, 5) is 40.6. The Kier molecular flexibility index (Phi) is 4.72. The number of benzene rings is 1. The lowest BCUT2D eigenvalue weighted by molar-refractivity contribution is -0.117. The number of hydrogen-bond acceptors (Lipinski definition) is 6. The molecule has 0 saturated carbocycles. The van der Waals surface area contributed by atoms with Crippen molar-refractivity contribution in [3.63, 3.8) is 0 Å². The average molecular weight is 403 g/mol. The Balaban J connectivity index is 0.000000153. The summed E-state index contributed by atoms with van der Waals surface area (Å²) in [5.74, 6) is 0.0485. The van der Waals surface area contributed by atoms with Crippen molar-refractivity contribution in [1.82, 2.24) is 14.7 Å². The number of carbonyl (C=O) groups excluding carboxylic acids is 2. The molecule has 146 valence electrons. The van der Waals surface area contributed by atoms with Gasteiger partial charge in [-0.2, -0.15) is 0 Å². The topological polar surface area (TPSA) is 92.5 Å². The van der Waals surface area contributed by atoms with Gasteiger partial charge in [-0.3, -0.25) is 14.9 Å². The predicted molar refractivity (Wildman–Crippen MR) is 103 cm³/mol. The van der Waals surface area contributed by atoms with E-state index >= 15 is 0 Å². The maximum Gasteiger partial charge on any atom is 0.409 e. The standard InChI is InChI=1S/C12H13N3O2.C7H6ClNO2/c16-9-7-8(13-1-2-13)12(17)11(15-5-6-15)10(9)14-3-4-14;8-5-2-1-3-6(4-5)9-7(10)11/h7H,1-6H2;1-4,9H,(H,10,11). The molecule has 3 aliphatic heterocycles. The van der Waals surface area contributed by atoms with Crippen LogP contribution in [0.25, 0.3) is 0 Å². The summed E-state index contributed by atoms with van der Waals surface area (Å²) in [5.41, 5.74) is 2.36. The number of Topliss-reactive ketones (excluding diaryl/α,β-unsaturated/α-hetero) is 1. The molecule has 8 nitrogen and oxygen atoms in total. The van der Waals surface area contributed by atoms with Gasteiger partial charge in [0.05, 0.1) is 5.70 Å². The Morgan fingerprint density at radius 3 is 2.11 bits per heavy atom. The van der Waals surface area contributed by atoms with E-state index in [1.807, 2.05) is 14.7 Å². The van der Waals surface area contributed by atoms with Crippen LogP contribution >= 0.6 is 11.6 Å². The number of carboxylic acid groups (broad SMARTS) is 1. The van der Waals surface area contributed by atoms with Gasteiger partial charge in [0.25, 0.3) is 0 Å². The molecule has 0 radical (unpaired) electrons. The van der Waals surface area contributed by atoms with Crippen molar-refractivity contribution in [2.75, 3.05) is 44.6 Å². The van der Waals surface area contributed by atoms with E-state index in [4.69, 9.17) is 16.7 Å². The molecule has 9 heteroatoms. The lowest BCUT2D eigenvalue weighted by Crippen LogP contribution is -2.29. The zero-order chi connectivity index (χ0) is 19.8. The zero-order valence-corrected chi connectivity index (χ0v) is 15.8. The van der Waals surface area contributed by atoms with Crippen molar-refractivity contribution < 1.29 is 19.5 Å². The van der Waals surface area contributed by atoms with E-state index in [2.05, 4.69) is 5.32 Å². The normalized spacial score (nSPS) is 19.8. The highest BCUT2D eigenvalue weighted by molar-refractivity contribution is 6.30. The van der Waals surface area contributed by atoms with Crippen molar-refractivity contribution in [3.8, 4) is 0 Å². The molecule has 1 aromatic carbocycles. The summed E-state index contributed by atoms with van der Waals surface area (Å²) >= 11 is 5.60. The fraction of sp³-hybridized carbons (Fsp3) is 0.316. The monoisotopic (exact) mass is 402 g/mol. The summed E-state index contributed by atoms with van der Waals surface area (Å²) in [6.07, 6.45) is 0.433. The van der Waals surface area contributed by atoms with Crippen LogP contribution in [0.3, 0.4) is 0 Å². The fourth-order valence-electron chi connectivity index (χ4n) is 2.97. The van der Waals surface area contributed by atoms with Crippen LogP contribution in [0.4, 0.5) is 10.5 Å². The van der Waals surface area contributed by atoms with E-state index in [-0.39, 0.29) is 11.6 Å². The third-order valence-electron chi connectivity index (χ3n) is 4.56. The van der Waals surface area contributed by atoms with E-state index in [0.29, 0.717) is 27.8 Å². The molecule has 0 aromatic heterocycles. The van der Waals surface area contributed by atoms with Crippen LogP contribution < -0.4 is 5.32 Å². The lowest BCUT2D eigenvalue weighted by atomic mass is 10.0. The Morgan fingerprint density at radius 2 is 1.57 bits per heavy atom. The average Bonchev–Trinajstić information content (AvgIpc) is 3.46. The third-order valence-corrected chi connectivity index (χ3v) is 4.80. The molecule has 3 fully saturated rings. The second-order valence-electron chi connectivity index (χ2n) is 6.82. The number of carbonyl (C=O) groups is 3. The first kappa shape index (κ1) is 18.4. The summed E-state index contributed by atoms with van der Waals surface area (Å²) in [6.45, 7) is 5.41. The summed E-state index contributed by atoms with van der Waals surface area (Å²) in [5, 5.41) is 11.0. The zero-order valence-electron chi connectivity index (χ0n) is 15.0. The first-order valence-electron chi connectivity index (χ1n) is 8.99. The maximum atomic E-state index is 12.4. The minimum absolute atomic E-state index is 0.00546. The van der Waals surface area contributed by atoms with Crippen LogP contribution in [0.5, 0.6) is 0 Å². The van der Waals surface area contributed by atoms with Crippen molar-refractivity contribution in [3.05, 3.63) is 52.5 Å². The first-order chi connectivity index (χ1) is 13.4. The molecule has 0 bridgehead atoms. The molecular formula is C19H19ClN4O4. The lowest BCUT2D eigenvalue weighted by Gasteiger charge is -2.21. The second kappa shape index (κ2) is 7.20. The molecule has 0 spiro atoms. The highest BCUT2D eigenvalue weighted by Gasteiger charge is 2.43.